The number of fused-ring (bicyclic) bond motifs is 1. The number of esters is 2. The van der Waals surface area contributed by atoms with Gasteiger partial charge in [0.15, 0.2) is 0 Å². The van der Waals surface area contributed by atoms with Crippen molar-refractivity contribution in [2.24, 2.45) is 0 Å². The van der Waals surface area contributed by atoms with Crippen LogP contribution < -0.4 is 0 Å². The summed E-state index contributed by atoms with van der Waals surface area (Å²) in [5.74, 6) is -1.31. The molecule has 2 aromatic rings. The van der Waals surface area contributed by atoms with E-state index in [-0.39, 0.29) is 0 Å². The van der Waals surface area contributed by atoms with Crippen LogP contribution in [0.3, 0.4) is 0 Å². The van der Waals surface area contributed by atoms with E-state index >= 15 is 0 Å². The van der Waals surface area contributed by atoms with E-state index in [1.165, 1.54) is 13.2 Å². The maximum absolute atomic E-state index is 12.6. The summed E-state index contributed by atoms with van der Waals surface area (Å²) in [5, 5.41) is 9.03. The highest BCUT2D eigenvalue weighted by molar-refractivity contribution is 5.92. The van der Waals surface area contributed by atoms with Gasteiger partial charge in [0.2, 0.25) is 6.10 Å². The van der Waals surface area contributed by atoms with E-state index in [2.05, 4.69) is 6.08 Å². The Kier molecular flexibility index (Phi) is 5.14. The molecule has 0 spiro atoms. The standard InChI is InChI=1S/C21H17NO4/c1-25-21(24)19(17-8-4-5-14(11-17)13-22)26-20(23)18-10-9-15-6-2-3-7-16(15)12-18/h2,4-6,8-12,19H,3,7H2,1H3. The summed E-state index contributed by atoms with van der Waals surface area (Å²) in [6, 6.07) is 13.7. The normalized spacial score (nSPS) is 13.2. The van der Waals surface area contributed by atoms with E-state index < -0.39 is 18.0 Å². The van der Waals surface area contributed by atoms with Crippen molar-refractivity contribution in [1.82, 2.24) is 0 Å². The van der Waals surface area contributed by atoms with Gasteiger partial charge in [-0.05, 0) is 48.2 Å². The van der Waals surface area contributed by atoms with Gasteiger partial charge in [0.05, 0.1) is 24.3 Å². The van der Waals surface area contributed by atoms with Gasteiger partial charge in [-0.2, -0.15) is 5.26 Å². The summed E-state index contributed by atoms with van der Waals surface area (Å²) < 4.78 is 10.2. The monoisotopic (exact) mass is 347 g/mol. The molecule has 0 aliphatic heterocycles. The van der Waals surface area contributed by atoms with Gasteiger partial charge in [-0.3, -0.25) is 0 Å². The Morgan fingerprint density at radius 2 is 2.04 bits per heavy atom. The fourth-order valence-corrected chi connectivity index (χ4v) is 2.87. The van der Waals surface area contributed by atoms with Crippen LogP contribution in [0, 0.1) is 11.3 Å². The van der Waals surface area contributed by atoms with E-state index in [4.69, 9.17) is 14.7 Å². The molecule has 2 aromatic carbocycles. The number of nitrogens with zero attached hydrogens (tertiary/aromatic N) is 1. The van der Waals surface area contributed by atoms with Crippen molar-refractivity contribution in [3.05, 3.63) is 76.4 Å². The highest BCUT2D eigenvalue weighted by Crippen LogP contribution is 2.24. The summed E-state index contributed by atoms with van der Waals surface area (Å²) in [7, 11) is 1.22. The predicted molar refractivity (Wildman–Crippen MR) is 95.1 cm³/mol. The maximum atomic E-state index is 12.6. The lowest BCUT2D eigenvalue weighted by molar-refractivity contribution is -0.151. The van der Waals surface area contributed by atoms with Crippen LogP contribution in [0.15, 0.2) is 48.5 Å². The fourth-order valence-electron chi connectivity index (χ4n) is 2.87. The maximum Gasteiger partial charge on any atom is 0.351 e. The van der Waals surface area contributed by atoms with Crippen molar-refractivity contribution in [1.29, 1.82) is 5.26 Å². The molecule has 26 heavy (non-hydrogen) atoms. The number of ether oxygens (including phenoxy) is 2. The largest absolute Gasteiger partial charge is 0.466 e. The predicted octanol–water partition coefficient (Wildman–Crippen LogP) is 3.59. The van der Waals surface area contributed by atoms with Crippen LogP contribution in [0.2, 0.25) is 0 Å². The molecule has 0 amide bonds. The second-order valence-electron chi connectivity index (χ2n) is 5.90. The van der Waals surface area contributed by atoms with Crippen LogP contribution in [-0.2, 0) is 20.7 Å². The third-order valence-electron chi connectivity index (χ3n) is 4.22. The van der Waals surface area contributed by atoms with Gasteiger partial charge in [0.1, 0.15) is 0 Å². The van der Waals surface area contributed by atoms with Gasteiger partial charge in [0.25, 0.3) is 0 Å². The number of hydrogen-bond acceptors (Lipinski definition) is 5. The van der Waals surface area contributed by atoms with Gasteiger partial charge < -0.3 is 9.47 Å². The molecule has 0 radical (unpaired) electrons. The second kappa shape index (κ2) is 7.66. The molecule has 5 nitrogen and oxygen atoms in total. The third-order valence-corrected chi connectivity index (χ3v) is 4.22. The van der Waals surface area contributed by atoms with Gasteiger partial charge >= 0.3 is 11.9 Å². The number of carbonyl (C=O) groups is 2. The van der Waals surface area contributed by atoms with Crippen LogP contribution >= 0.6 is 0 Å². The van der Waals surface area contributed by atoms with Crippen LogP contribution in [-0.4, -0.2) is 19.0 Å². The van der Waals surface area contributed by atoms with E-state index in [1.807, 2.05) is 18.2 Å². The van der Waals surface area contributed by atoms with Crippen molar-refractivity contribution in [3.63, 3.8) is 0 Å². The first-order valence-electron chi connectivity index (χ1n) is 8.20. The molecule has 1 aliphatic carbocycles. The first kappa shape index (κ1) is 17.4. The number of hydrogen-bond donors (Lipinski definition) is 0. The minimum absolute atomic E-state index is 0.369. The minimum Gasteiger partial charge on any atom is -0.466 e. The smallest absolute Gasteiger partial charge is 0.351 e. The molecule has 130 valence electrons. The molecule has 1 aliphatic rings. The average Bonchev–Trinajstić information content (AvgIpc) is 2.70. The first-order valence-corrected chi connectivity index (χ1v) is 8.20. The van der Waals surface area contributed by atoms with E-state index in [1.54, 1.807) is 30.3 Å². The number of rotatable bonds is 4. The molecule has 0 aromatic heterocycles. The molecule has 1 unspecified atom stereocenters. The topological polar surface area (TPSA) is 76.4 Å². The van der Waals surface area contributed by atoms with Crippen LogP contribution in [0.5, 0.6) is 0 Å². The zero-order chi connectivity index (χ0) is 18.5. The van der Waals surface area contributed by atoms with Crippen molar-refractivity contribution < 1.29 is 19.1 Å². The lowest BCUT2D eigenvalue weighted by atomic mass is 9.95. The number of aryl methyl sites for hydroxylation is 1. The lowest BCUT2D eigenvalue weighted by Gasteiger charge is -2.17. The molecular formula is C21H17NO4. The number of methoxy groups -OCH3 is 1. The summed E-state index contributed by atoms with van der Waals surface area (Å²) in [6.45, 7) is 0. The van der Waals surface area contributed by atoms with Gasteiger partial charge in [0, 0.05) is 5.56 Å². The molecule has 0 N–H and O–H groups in total. The average molecular weight is 347 g/mol. The van der Waals surface area contributed by atoms with Gasteiger partial charge in [-0.15, -0.1) is 0 Å². The van der Waals surface area contributed by atoms with Crippen molar-refractivity contribution in [2.75, 3.05) is 7.11 Å². The van der Waals surface area contributed by atoms with Crippen LogP contribution in [0.1, 0.15) is 45.1 Å². The van der Waals surface area contributed by atoms with Crippen molar-refractivity contribution >= 4 is 18.0 Å². The zero-order valence-corrected chi connectivity index (χ0v) is 14.3. The van der Waals surface area contributed by atoms with Crippen LogP contribution in [0.25, 0.3) is 6.08 Å². The van der Waals surface area contributed by atoms with E-state index in [0.29, 0.717) is 16.7 Å². The molecule has 0 saturated heterocycles. The Morgan fingerprint density at radius 1 is 1.19 bits per heavy atom. The molecule has 0 saturated carbocycles. The molecule has 5 heteroatoms. The molecule has 3 rings (SSSR count). The summed E-state index contributed by atoms with van der Waals surface area (Å²) in [4.78, 5) is 24.7. The lowest BCUT2D eigenvalue weighted by Crippen LogP contribution is -2.21. The molecular weight excluding hydrogens is 330 g/mol. The zero-order valence-electron chi connectivity index (χ0n) is 14.3. The van der Waals surface area contributed by atoms with Crippen molar-refractivity contribution in [3.8, 4) is 6.07 Å². The summed E-state index contributed by atoms with van der Waals surface area (Å²) >= 11 is 0. The second-order valence-corrected chi connectivity index (χ2v) is 5.90. The van der Waals surface area contributed by atoms with Crippen molar-refractivity contribution in [2.45, 2.75) is 18.9 Å². The quantitative estimate of drug-likeness (QED) is 0.790. The highest BCUT2D eigenvalue weighted by Gasteiger charge is 2.27. The number of allylic oxidation sites excluding steroid dienone is 1. The molecule has 0 fully saturated rings. The molecule has 0 bridgehead atoms. The number of nitriles is 1. The molecule has 0 heterocycles. The van der Waals surface area contributed by atoms with Crippen LogP contribution in [0.4, 0.5) is 0 Å². The Bertz CT molecular complexity index is 924. The highest BCUT2D eigenvalue weighted by atomic mass is 16.6. The number of carbonyl (C=O) groups excluding carboxylic acids is 2. The Balaban J connectivity index is 1.87. The van der Waals surface area contributed by atoms with E-state index in [9.17, 15) is 9.59 Å². The SMILES string of the molecule is COC(=O)C(OC(=O)c1ccc2c(c1)CCC=C2)c1cccc(C#N)c1. The third kappa shape index (κ3) is 3.65. The number of benzene rings is 2. The fraction of sp³-hybridized carbons (Fsp3) is 0.190. The summed E-state index contributed by atoms with van der Waals surface area (Å²) in [5.41, 5.74) is 3.30. The Labute approximate surface area is 151 Å². The van der Waals surface area contributed by atoms with Gasteiger partial charge in [-0.25, -0.2) is 9.59 Å². The Hall–Kier alpha value is -3.39. The first-order chi connectivity index (χ1) is 12.6. The Morgan fingerprint density at radius 3 is 2.81 bits per heavy atom. The minimum atomic E-state index is -1.23. The summed E-state index contributed by atoms with van der Waals surface area (Å²) in [6.07, 6.45) is 4.68. The van der Waals surface area contributed by atoms with Gasteiger partial charge in [-0.1, -0.05) is 30.4 Å². The molecule has 1 atom stereocenters. The van der Waals surface area contributed by atoms with E-state index in [0.717, 1.165) is 24.0 Å².